The predicted molar refractivity (Wildman–Crippen MR) is 147 cm³/mol. The summed E-state index contributed by atoms with van der Waals surface area (Å²) in [5.74, 6) is -1.69. The molecule has 0 radical (unpaired) electrons. The molecule has 1 saturated heterocycles. The largest absolute Gasteiger partial charge is 0.433 e. The van der Waals surface area contributed by atoms with Crippen LogP contribution < -0.4 is 0 Å². The van der Waals surface area contributed by atoms with Gasteiger partial charge in [-0.1, -0.05) is 30.1 Å². The van der Waals surface area contributed by atoms with E-state index in [0.717, 1.165) is 15.8 Å². The number of nitrogens with zero attached hydrogens (tertiary/aromatic N) is 4. The minimum atomic E-state index is -4.88. The van der Waals surface area contributed by atoms with Crippen LogP contribution in [0.4, 0.5) is 13.2 Å². The standard InChI is InChI=1S/C28H35Cl2F3N4O4/c1-15-9-17(5-6-19(15)16(2)38)37-25(28(31,32)33)20(10-35-37)26(40)36(13-18-7-8-27(3,4)41-18)14-23(39)24-21(29)11-34-12-22(24)30/h10-12,15-19,38H,5-9,13-14H2,1-4H3/t15-,16-,17+,18?,19+/m0/s1. The molecular weight excluding hydrogens is 584 g/mol. The maximum atomic E-state index is 14.6. The molecule has 226 valence electrons. The second kappa shape index (κ2) is 12.2. The van der Waals surface area contributed by atoms with Gasteiger partial charge in [0.15, 0.2) is 11.5 Å². The van der Waals surface area contributed by atoms with Crippen LogP contribution in [-0.4, -0.2) is 67.4 Å². The van der Waals surface area contributed by atoms with Crippen molar-refractivity contribution in [3.05, 3.63) is 45.5 Å². The number of hydrogen-bond donors (Lipinski definition) is 1. The number of carbonyl (C=O) groups is 2. The van der Waals surface area contributed by atoms with Gasteiger partial charge in [0.1, 0.15) is 0 Å². The van der Waals surface area contributed by atoms with E-state index in [1.165, 1.54) is 12.4 Å². The van der Waals surface area contributed by atoms with E-state index in [-0.39, 0.29) is 34.0 Å². The molecule has 1 amide bonds. The van der Waals surface area contributed by atoms with E-state index in [2.05, 4.69) is 10.1 Å². The summed E-state index contributed by atoms with van der Waals surface area (Å²) in [5, 5.41) is 14.1. The predicted octanol–water partition coefficient (Wildman–Crippen LogP) is 6.24. The van der Waals surface area contributed by atoms with Gasteiger partial charge in [-0.05, 0) is 64.7 Å². The van der Waals surface area contributed by atoms with Crippen LogP contribution in [0, 0.1) is 11.8 Å². The third kappa shape index (κ3) is 7.06. The molecule has 0 aromatic carbocycles. The Morgan fingerprint density at radius 3 is 2.39 bits per heavy atom. The van der Waals surface area contributed by atoms with Gasteiger partial charge in [-0.25, -0.2) is 0 Å². The lowest BCUT2D eigenvalue weighted by molar-refractivity contribution is -0.146. The molecule has 41 heavy (non-hydrogen) atoms. The van der Waals surface area contributed by atoms with E-state index in [1.54, 1.807) is 6.92 Å². The van der Waals surface area contributed by atoms with Crippen LogP contribution in [0.1, 0.15) is 92.3 Å². The molecule has 0 bridgehead atoms. The zero-order chi connectivity index (χ0) is 30.3. The highest BCUT2D eigenvalue weighted by atomic mass is 35.5. The Balaban J connectivity index is 1.68. The highest BCUT2D eigenvalue weighted by Gasteiger charge is 2.44. The Morgan fingerprint density at radius 2 is 1.85 bits per heavy atom. The smallest absolute Gasteiger partial charge is 0.393 e. The number of Topliss-reactive ketones (excluding diaryl/α,β-unsaturated/α-hetero) is 1. The summed E-state index contributed by atoms with van der Waals surface area (Å²) in [5.41, 5.74) is -2.32. The highest BCUT2D eigenvalue weighted by molar-refractivity contribution is 6.39. The molecule has 1 aliphatic heterocycles. The van der Waals surface area contributed by atoms with Crippen LogP contribution in [0.5, 0.6) is 0 Å². The van der Waals surface area contributed by atoms with E-state index in [1.807, 2.05) is 20.8 Å². The number of amides is 1. The number of aromatic nitrogens is 3. The first-order chi connectivity index (χ1) is 19.1. The summed E-state index contributed by atoms with van der Waals surface area (Å²) in [7, 11) is 0. The molecule has 1 aliphatic carbocycles. The Hall–Kier alpha value is -2.21. The maximum absolute atomic E-state index is 14.6. The van der Waals surface area contributed by atoms with Crippen LogP contribution in [-0.2, 0) is 10.9 Å². The first kappa shape index (κ1) is 31.7. The molecule has 2 aromatic heterocycles. The molecule has 5 atom stereocenters. The van der Waals surface area contributed by atoms with Crippen LogP contribution >= 0.6 is 23.2 Å². The fraction of sp³-hybridized carbons (Fsp3) is 0.643. The molecule has 1 saturated carbocycles. The topological polar surface area (TPSA) is 97.6 Å². The summed E-state index contributed by atoms with van der Waals surface area (Å²) in [6.45, 7) is 6.69. The second-order valence-electron chi connectivity index (χ2n) is 11.8. The van der Waals surface area contributed by atoms with E-state index in [0.29, 0.717) is 32.1 Å². The number of carbonyl (C=O) groups excluding carboxylic acids is 2. The average Bonchev–Trinajstić information content (AvgIpc) is 3.46. The molecule has 3 heterocycles. The van der Waals surface area contributed by atoms with Gasteiger partial charge in [-0.2, -0.15) is 18.3 Å². The van der Waals surface area contributed by atoms with Gasteiger partial charge >= 0.3 is 6.18 Å². The Kier molecular flexibility index (Phi) is 9.43. The average molecular weight is 620 g/mol. The van der Waals surface area contributed by atoms with Crippen molar-refractivity contribution in [1.29, 1.82) is 0 Å². The van der Waals surface area contributed by atoms with E-state index < -0.39 is 59.5 Å². The number of hydrogen-bond acceptors (Lipinski definition) is 6. The fourth-order valence-corrected chi connectivity index (χ4v) is 6.76. The lowest BCUT2D eigenvalue weighted by Gasteiger charge is -2.36. The van der Waals surface area contributed by atoms with Crippen molar-refractivity contribution in [3.8, 4) is 0 Å². The van der Waals surface area contributed by atoms with Gasteiger partial charge in [-0.15, -0.1) is 0 Å². The number of halogens is 5. The van der Waals surface area contributed by atoms with Crippen LogP contribution in [0.3, 0.4) is 0 Å². The normalized spacial score (nSPS) is 25.2. The van der Waals surface area contributed by atoms with E-state index >= 15 is 0 Å². The summed E-state index contributed by atoms with van der Waals surface area (Å²) in [6.07, 6.45) is 0.00257. The fourth-order valence-electron chi connectivity index (χ4n) is 6.18. The van der Waals surface area contributed by atoms with Crippen LogP contribution in [0.15, 0.2) is 18.6 Å². The number of pyridine rings is 1. The van der Waals surface area contributed by atoms with Crippen LogP contribution in [0.2, 0.25) is 10.0 Å². The Labute approximate surface area is 247 Å². The number of alkyl halides is 3. The van der Waals surface area contributed by atoms with Crippen molar-refractivity contribution in [2.45, 2.75) is 89.8 Å². The number of ketones is 1. The molecule has 1 N–H and O–H groups in total. The number of aliphatic hydroxyl groups is 1. The minimum absolute atomic E-state index is 0.0266. The van der Waals surface area contributed by atoms with Gasteiger partial charge in [0, 0.05) is 18.9 Å². The third-order valence-corrected chi connectivity index (χ3v) is 8.77. The highest BCUT2D eigenvalue weighted by Crippen LogP contribution is 2.42. The number of aliphatic hydroxyl groups excluding tert-OH is 1. The first-order valence-corrected chi connectivity index (χ1v) is 14.5. The zero-order valence-electron chi connectivity index (χ0n) is 23.4. The molecule has 4 rings (SSSR count). The molecule has 1 unspecified atom stereocenters. The van der Waals surface area contributed by atoms with Crippen molar-refractivity contribution in [1.82, 2.24) is 19.7 Å². The van der Waals surface area contributed by atoms with E-state index in [9.17, 15) is 27.9 Å². The molecule has 0 spiro atoms. The summed E-state index contributed by atoms with van der Waals surface area (Å²) >= 11 is 12.3. The lowest BCUT2D eigenvalue weighted by atomic mass is 9.75. The monoisotopic (exact) mass is 618 g/mol. The molecule has 8 nitrogen and oxygen atoms in total. The van der Waals surface area contributed by atoms with E-state index in [4.69, 9.17) is 27.9 Å². The summed E-state index contributed by atoms with van der Waals surface area (Å²) < 4.78 is 50.6. The van der Waals surface area contributed by atoms with Crippen molar-refractivity contribution >= 4 is 34.9 Å². The number of rotatable bonds is 8. The molecule has 2 fully saturated rings. The first-order valence-electron chi connectivity index (χ1n) is 13.7. The van der Waals surface area contributed by atoms with Crippen molar-refractivity contribution in [3.63, 3.8) is 0 Å². The maximum Gasteiger partial charge on any atom is 0.433 e. The zero-order valence-corrected chi connectivity index (χ0v) is 24.9. The van der Waals surface area contributed by atoms with Gasteiger partial charge in [0.2, 0.25) is 0 Å². The van der Waals surface area contributed by atoms with Gasteiger partial charge in [0.05, 0.1) is 57.8 Å². The molecule has 13 heteroatoms. The Bertz CT molecular complexity index is 1260. The van der Waals surface area contributed by atoms with Gasteiger partial charge in [-0.3, -0.25) is 19.3 Å². The summed E-state index contributed by atoms with van der Waals surface area (Å²) in [4.78, 5) is 32.0. The summed E-state index contributed by atoms with van der Waals surface area (Å²) in [6, 6.07) is -0.596. The molecular formula is C28H35Cl2F3N4O4. The quantitative estimate of drug-likeness (QED) is 0.351. The third-order valence-electron chi connectivity index (χ3n) is 8.20. The lowest BCUT2D eigenvalue weighted by Crippen LogP contribution is -2.42. The second-order valence-corrected chi connectivity index (χ2v) is 12.6. The van der Waals surface area contributed by atoms with Gasteiger partial charge < -0.3 is 14.7 Å². The molecule has 2 aliphatic rings. The van der Waals surface area contributed by atoms with Crippen molar-refractivity contribution in [2.24, 2.45) is 11.8 Å². The number of ether oxygens (including phenoxy) is 1. The minimum Gasteiger partial charge on any atom is -0.393 e. The SMILES string of the molecule is C[C@H](O)[C@@H]1CC[C@@H](n2ncc(C(=O)N(CC(=O)c3c(Cl)cncc3Cl)CC3CCC(C)(C)O3)c2C(F)(F)F)C[C@@H]1C. The van der Waals surface area contributed by atoms with Crippen LogP contribution in [0.25, 0.3) is 0 Å². The van der Waals surface area contributed by atoms with Gasteiger partial charge in [0.25, 0.3) is 5.91 Å². The molecule has 2 aromatic rings. The Morgan fingerprint density at radius 1 is 1.20 bits per heavy atom. The van der Waals surface area contributed by atoms with Crippen molar-refractivity contribution in [2.75, 3.05) is 13.1 Å². The van der Waals surface area contributed by atoms with Crippen molar-refractivity contribution < 1.29 is 32.6 Å².